The van der Waals surface area contributed by atoms with Crippen LogP contribution in [-0.4, -0.2) is 10.4 Å². The Kier molecular flexibility index (Phi) is 3.51. The Labute approximate surface area is 104 Å². The Morgan fingerprint density at radius 1 is 1.40 bits per heavy atom. The molecule has 2 rings (SSSR count). The zero-order chi connectivity index (χ0) is 11.0. The Bertz CT molecular complexity index is 381. The summed E-state index contributed by atoms with van der Waals surface area (Å²) in [6, 6.07) is 3.57. The highest BCUT2D eigenvalue weighted by Crippen LogP contribution is 2.39. The van der Waals surface area contributed by atoms with Gasteiger partial charge < -0.3 is 5.11 Å². The van der Waals surface area contributed by atoms with Crippen LogP contribution in [0.3, 0.4) is 0 Å². The molecule has 1 aliphatic heterocycles. The van der Waals surface area contributed by atoms with E-state index in [2.05, 4.69) is 6.92 Å². The lowest BCUT2D eigenvalue weighted by molar-refractivity contribution is 0.168. The summed E-state index contributed by atoms with van der Waals surface area (Å²) >= 11 is 13.9. The fourth-order valence-corrected chi connectivity index (χ4v) is 3.55. The van der Waals surface area contributed by atoms with Gasteiger partial charge in [-0.05, 0) is 29.7 Å². The molecular weight excluding hydrogens is 251 g/mol. The number of aliphatic hydroxyl groups excluding tert-OH is 1. The summed E-state index contributed by atoms with van der Waals surface area (Å²) in [6.45, 7) is 2.12. The summed E-state index contributed by atoms with van der Waals surface area (Å²) in [6.07, 6.45) is 0.315. The number of halogens is 2. The predicted octanol–water partition coefficient (Wildman–Crippen LogP) is 4.05. The van der Waals surface area contributed by atoms with E-state index in [9.17, 15) is 5.11 Å². The van der Waals surface area contributed by atoms with E-state index in [1.807, 2.05) is 17.8 Å². The number of fused-ring (bicyclic) bond motifs is 1. The third-order valence-electron chi connectivity index (χ3n) is 2.62. The summed E-state index contributed by atoms with van der Waals surface area (Å²) in [5.41, 5.74) is 1.92. The summed E-state index contributed by atoms with van der Waals surface area (Å²) in [4.78, 5) is 0. The molecule has 1 N–H and O–H groups in total. The van der Waals surface area contributed by atoms with E-state index in [4.69, 9.17) is 23.2 Å². The first-order valence-electron chi connectivity index (χ1n) is 4.85. The molecule has 1 aliphatic rings. The van der Waals surface area contributed by atoms with Gasteiger partial charge in [-0.25, -0.2) is 0 Å². The summed E-state index contributed by atoms with van der Waals surface area (Å²) < 4.78 is 0. The van der Waals surface area contributed by atoms with Gasteiger partial charge in [0.15, 0.2) is 0 Å². The average Bonchev–Trinajstić information content (AvgIpc) is 2.27. The molecule has 0 saturated carbocycles. The van der Waals surface area contributed by atoms with E-state index in [1.54, 1.807) is 6.07 Å². The van der Waals surface area contributed by atoms with Crippen LogP contribution >= 0.6 is 35.0 Å². The number of benzene rings is 1. The molecule has 2 atom stereocenters. The molecule has 0 fully saturated rings. The number of hydrogen-bond donors (Lipinski definition) is 1. The van der Waals surface area contributed by atoms with Crippen molar-refractivity contribution >= 4 is 35.0 Å². The van der Waals surface area contributed by atoms with Gasteiger partial charge in [0.25, 0.3) is 0 Å². The number of rotatable bonds is 0. The second-order valence-electron chi connectivity index (χ2n) is 3.83. The quantitative estimate of drug-likeness (QED) is 0.761. The van der Waals surface area contributed by atoms with Crippen LogP contribution < -0.4 is 0 Å². The van der Waals surface area contributed by atoms with Crippen molar-refractivity contribution in [1.82, 2.24) is 0 Å². The van der Waals surface area contributed by atoms with Crippen molar-refractivity contribution < 1.29 is 5.11 Å². The monoisotopic (exact) mass is 262 g/mol. The van der Waals surface area contributed by atoms with E-state index in [1.165, 1.54) is 0 Å². The van der Waals surface area contributed by atoms with Crippen LogP contribution in [0.1, 0.15) is 30.6 Å². The van der Waals surface area contributed by atoms with Gasteiger partial charge in [0.05, 0.1) is 6.10 Å². The van der Waals surface area contributed by atoms with Crippen LogP contribution in [0.15, 0.2) is 12.1 Å². The standard InChI is InChI=1S/C11H12Cl2OS/c1-6-2-11(14)8-3-7(12)4-10(13)9(8)5-15-6/h3-4,6,11,14H,2,5H2,1H3/t6?,11-/m1/s1. The van der Waals surface area contributed by atoms with Gasteiger partial charge in [-0.1, -0.05) is 30.1 Å². The first kappa shape index (κ1) is 11.6. The number of thioether (sulfide) groups is 1. The minimum absolute atomic E-state index is 0.443. The minimum atomic E-state index is -0.443. The first-order chi connectivity index (χ1) is 7.08. The molecule has 0 aliphatic carbocycles. The number of hydrogen-bond acceptors (Lipinski definition) is 2. The molecule has 0 spiro atoms. The van der Waals surface area contributed by atoms with Crippen LogP contribution in [0.2, 0.25) is 10.0 Å². The molecule has 1 heterocycles. The summed E-state index contributed by atoms with van der Waals surface area (Å²) in [5, 5.41) is 11.7. The SMILES string of the molecule is CC1C[C@@H](O)c2cc(Cl)cc(Cl)c2CS1. The molecule has 4 heteroatoms. The molecule has 1 aromatic carbocycles. The van der Waals surface area contributed by atoms with Crippen molar-refractivity contribution in [3.63, 3.8) is 0 Å². The van der Waals surface area contributed by atoms with Crippen molar-refractivity contribution in [2.75, 3.05) is 0 Å². The lowest BCUT2D eigenvalue weighted by Gasteiger charge is -2.13. The van der Waals surface area contributed by atoms with Crippen molar-refractivity contribution in [3.8, 4) is 0 Å². The van der Waals surface area contributed by atoms with Gasteiger partial charge in [0.2, 0.25) is 0 Å². The molecule has 0 saturated heterocycles. The molecule has 1 unspecified atom stereocenters. The third-order valence-corrected chi connectivity index (χ3v) is 4.39. The van der Waals surface area contributed by atoms with Crippen LogP contribution in [0.25, 0.3) is 0 Å². The maximum absolute atomic E-state index is 10.0. The van der Waals surface area contributed by atoms with Crippen molar-refractivity contribution in [3.05, 3.63) is 33.3 Å². The second-order valence-corrected chi connectivity index (χ2v) is 6.10. The molecule has 1 aromatic rings. The predicted molar refractivity (Wildman–Crippen MR) is 66.8 cm³/mol. The lowest BCUT2D eigenvalue weighted by atomic mass is 10.0. The van der Waals surface area contributed by atoms with Gasteiger partial charge in [-0.2, -0.15) is 11.8 Å². The summed E-state index contributed by atoms with van der Waals surface area (Å²) in [7, 11) is 0. The van der Waals surface area contributed by atoms with E-state index in [-0.39, 0.29) is 0 Å². The number of aliphatic hydroxyl groups is 1. The maximum Gasteiger partial charge on any atom is 0.0804 e. The highest BCUT2D eigenvalue weighted by Gasteiger charge is 2.23. The summed E-state index contributed by atoms with van der Waals surface area (Å²) in [5.74, 6) is 0.851. The Hall–Kier alpha value is 0.110. The normalized spacial score (nSPS) is 25.9. The molecule has 0 amide bonds. The Morgan fingerprint density at radius 2 is 2.13 bits per heavy atom. The zero-order valence-electron chi connectivity index (χ0n) is 8.34. The average molecular weight is 263 g/mol. The van der Waals surface area contributed by atoms with Crippen LogP contribution in [0.5, 0.6) is 0 Å². The molecule has 1 nitrogen and oxygen atoms in total. The lowest BCUT2D eigenvalue weighted by Crippen LogP contribution is -2.03. The van der Waals surface area contributed by atoms with E-state index >= 15 is 0 Å². The fourth-order valence-electron chi connectivity index (χ4n) is 1.81. The zero-order valence-corrected chi connectivity index (χ0v) is 10.7. The topological polar surface area (TPSA) is 20.2 Å². The Balaban J connectivity index is 2.48. The first-order valence-corrected chi connectivity index (χ1v) is 6.66. The molecule has 0 radical (unpaired) electrons. The smallest absolute Gasteiger partial charge is 0.0804 e. The van der Waals surface area contributed by atoms with Gasteiger partial charge in [0.1, 0.15) is 0 Å². The van der Waals surface area contributed by atoms with Crippen LogP contribution in [0, 0.1) is 0 Å². The van der Waals surface area contributed by atoms with Gasteiger partial charge >= 0.3 is 0 Å². The minimum Gasteiger partial charge on any atom is -0.388 e. The highest BCUT2D eigenvalue weighted by atomic mass is 35.5. The van der Waals surface area contributed by atoms with Crippen molar-refractivity contribution in [2.45, 2.75) is 30.5 Å². The van der Waals surface area contributed by atoms with E-state index < -0.39 is 6.10 Å². The fraction of sp³-hybridized carbons (Fsp3) is 0.455. The molecule has 0 aromatic heterocycles. The van der Waals surface area contributed by atoms with Crippen LogP contribution in [-0.2, 0) is 5.75 Å². The van der Waals surface area contributed by atoms with Crippen molar-refractivity contribution in [1.29, 1.82) is 0 Å². The van der Waals surface area contributed by atoms with Crippen molar-refractivity contribution in [2.24, 2.45) is 0 Å². The molecular formula is C11H12Cl2OS. The molecule has 0 bridgehead atoms. The van der Waals surface area contributed by atoms with Gasteiger partial charge in [-0.15, -0.1) is 0 Å². The third kappa shape index (κ3) is 2.44. The second kappa shape index (κ2) is 4.54. The van der Waals surface area contributed by atoms with Gasteiger partial charge in [-0.3, -0.25) is 0 Å². The highest BCUT2D eigenvalue weighted by molar-refractivity contribution is 7.99. The Morgan fingerprint density at radius 3 is 2.87 bits per heavy atom. The maximum atomic E-state index is 10.0. The van der Waals surface area contributed by atoms with E-state index in [0.717, 1.165) is 23.3 Å². The van der Waals surface area contributed by atoms with E-state index in [0.29, 0.717) is 15.3 Å². The van der Waals surface area contributed by atoms with Gasteiger partial charge in [0, 0.05) is 21.0 Å². The molecule has 82 valence electrons. The molecule has 15 heavy (non-hydrogen) atoms. The largest absolute Gasteiger partial charge is 0.388 e. The van der Waals surface area contributed by atoms with Crippen LogP contribution in [0.4, 0.5) is 0 Å².